The highest BCUT2D eigenvalue weighted by atomic mass is 19.1. The van der Waals surface area contributed by atoms with Crippen molar-refractivity contribution in [3.8, 4) is 5.75 Å². The van der Waals surface area contributed by atoms with Crippen LogP contribution < -0.4 is 20.8 Å². The SMILES string of the molecule is Cc1ccc(C)c(NC(=O)COc2cccc(/C=N\NC(=O)C(=O)Nc3ccccc3F)c2)c1. The molecule has 0 spiro atoms. The van der Waals surface area contributed by atoms with Gasteiger partial charge in [-0.05, 0) is 60.9 Å². The predicted molar refractivity (Wildman–Crippen MR) is 127 cm³/mol. The quantitative estimate of drug-likeness (QED) is 0.283. The van der Waals surface area contributed by atoms with Crippen molar-refractivity contribution >= 4 is 35.3 Å². The van der Waals surface area contributed by atoms with E-state index in [-0.39, 0.29) is 18.2 Å². The summed E-state index contributed by atoms with van der Waals surface area (Å²) in [6, 6.07) is 17.9. The molecule has 0 radical (unpaired) electrons. The maximum absolute atomic E-state index is 13.6. The van der Waals surface area contributed by atoms with Gasteiger partial charge < -0.3 is 15.4 Å². The highest BCUT2D eigenvalue weighted by Crippen LogP contribution is 2.17. The number of carbonyl (C=O) groups excluding carboxylic acids is 3. The van der Waals surface area contributed by atoms with Gasteiger partial charge in [0.1, 0.15) is 11.6 Å². The number of nitrogens with one attached hydrogen (secondary N) is 3. The number of para-hydroxylation sites is 1. The maximum atomic E-state index is 13.6. The van der Waals surface area contributed by atoms with Gasteiger partial charge in [-0.1, -0.05) is 36.4 Å². The summed E-state index contributed by atoms with van der Waals surface area (Å²) in [7, 11) is 0. The van der Waals surface area contributed by atoms with E-state index >= 15 is 0 Å². The summed E-state index contributed by atoms with van der Waals surface area (Å²) in [4.78, 5) is 35.9. The number of amides is 3. The number of nitrogens with zero attached hydrogens (tertiary/aromatic N) is 1. The third kappa shape index (κ3) is 6.99. The van der Waals surface area contributed by atoms with Crippen LogP contribution in [-0.4, -0.2) is 30.5 Å². The molecule has 0 unspecified atom stereocenters. The van der Waals surface area contributed by atoms with Gasteiger partial charge in [0.05, 0.1) is 11.9 Å². The second-order valence-corrected chi connectivity index (χ2v) is 7.36. The highest BCUT2D eigenvalue weighted by molar-refractivity contribution is 6.39. The van der Waals surface area contributed by atoms with Crippen molar-refractivity contribution in [3.05, 3.63) is 89.2 Å². The highest BCUT2D eigenvalue weighted by Gasteiger charge is 2.14. The zero-order valence-corrected chi connectivity index (χ0v) is 18.6. The molecular weight excluding hydrogens is 439 g/mol. The van der Waals surface area contributed by atoms with Crippen molar-refractivity contribution < 1.29 is 23.5 Å². The smallest absolute Gasteiger partial charge is 0.329 e. The summed E-state index contributed by atoms with van der Waals surface area (Å²) in [6.45, 7) is 3.65. The molecule has 0 aliphatic carbocycles. The number of carbonyl (C=O) groups is 3. The molecule has 0 saturated carbocycles. The van der Waals surface area contributed by atoms with Crippen molar-refractivity contribution in [2.75, 3.05) is 17.2 Å². The van der Waals surface area contributed by atoms with Crippen LogP contribution in [0.3, 0.4) is 0 Å². The molecule has 0 saturated heterocycles. The van der Waals surface area contributed by atoms with Gasteiger partial charge in [-0.15, -0.1) is 0 Å². The van der Waals surface area contributed by atoms with E-state index in [1.807, 2.05) is 32.0 Å². The van der Waals surface area contributed by atoms with Crippen molar-refractivity contribution in [3.63, 3.8) is 0 Å². The van der Waals surface area contributed by atoms with Gasteiger partial charge in [0, 0.05) is 5.69 Å². The summed E-state index contributed by atoms with van der Waals surface area (Å²) in [5.41, 5.74) is 5.22. The summed E-state index contributed by atoms with van der Waals surface area (Å²) in [5.74, 6) is -2.67. The molecule has 3 amide bonds. The average molecular weight is 462 g/mol. The minimum Gasteiger partial charge on any atom is -0.484 e. The molecule has 0 fully saturated rings. The average Bonchev–Trinajstić information content (AvgIpc) is 2.82. The summed E-state index contributed by atoms with van der Waals surface area (Å²) in [5, 5.41) is 8.70. The van der Waals surface area contributed by atoms with Crippen LogP contribution in [0, 0.1) is 19.7 Å². The van der Waals surface area contributed by atoms with Crippen LogP contribution in [0.5, 0.6) is 5.75 Å². The van der Waals surface area contributed by atoms with Gasteiger partial charge in [0.2, 0.25) is 0 Å². The largest absolute Gasteiger partial charge is 0.484 e. The Hall–Kier alpha value is -4.53. The number of anilines is 2. The van der Waals surface area contributed by atoms with E-state index in [4.69, 9.17) is 4.74 Å². The molecule has 3 aromatic carbocycles. The molecular formula is C25H23FN4O4. The zero-order valence-electron chi connectivity index (χ0n) is 18.6. The van der Waals surface area contributed by atoms with Gasteiger partial charge in [-0.25, -0.2) is 9.82 Å². The monoisotopic (exact) mass is 462 g/mol. The molecule has 8 nitrogen and oxygen atoms in total. The second-order valence-electron chi connectivity index (χ2n) is 7.36. The minimum absolute atomic E-state index is 0.113. The fraction of sp³-hybridized carbons (Fsp3) is 0.120. The normalized spacial score (nSPS) is 10.6. The summed E-state index contributed by atoms with van der Waals surface area (Å²) < 4.78 is 19.1. The van der Waals surface area contributed by atoms with Crippen LogP contribution in [0.1, 0.15) is 16.7 Å². The Morgan fingerprint density at radius 1 is 0.912 bits per heavy atom. The lowest BCUT2D eigenvalue weighted by molar-refractivity contribution is -0.136. The molecule has 34 heavy (non-hydrogen) atoms. The van der Waals surface area contributed by atoms with Gasteiger partial charge >= 0.3 is 11.8 Å². The molecule has 174 valence electrons. The second kappa shape index (κ2) is 11.4. The van der Waals surface area contributed by atoms with Gasteiger partial charge in [0.15, 0.2) is 6.61 Å². The first-order valence-corrected chi connectivity index (χ1v) is 10.3. The fourth-order valence-corrected chi connectivity index (χ4v) is 2.85. The zero-order chi connectivity index (χ0) is 24.5. The molecule has 0 aliphatic heterocycles. The van der Waals surface area contributed by atoms with E-state index in [0.717, 1.165) is 22.9 Å². The Kier molecular flexibility index (Phi) is 8.07. The number of benzene rings is 3. The van der Waals surface area contributed by atoms with Crippen LogP contribution in [0.25, 0.3) is 0 Å². The van der Waals surface area contributed by atoms with Crippen molar-refractivity contribution in [2.24, 2.45) is 5.10 Å². The van der Waals surface area contributed by atoms with Crippen LogP contribution in [-0.2, 0) is 14.4 Å². The summed E-state index contributed by atoms with van der Waals surface area (Å²) >= 11 is 0. The van der Waals surface area contributed by atoms with Gasteiger partial charge in [-0.2, -0.15) is 5.10 Å². The molecule has 0 aromatic heterocycles. The lowest BCUT2D eigenvalue weighted by Gasteiger charge is -2.10. The van der Waals surface area contributed by atoms with Crippen molar-refractivity contribution in [1.82, 2.24) is 5.43 Å². The first-order chi connectivity index (χ1) is 16.3. The van der Waals surface area contributed by atoms with E-state index in [9.17, 15) is 18.8 Å². The van der Waals surface area contributed by atoms with E-state index in [1.54, 1.807) is 24.3 Å². The molecule has 0 bridgehead atoms. The van der Waals surface area contributed by atoms with Crippen LogP contribution in [0.2, 0.25) is 0 Å². The lowest BCUT2D eigenvalue weighted by atomic mass is 10.1. The first-order valence-electron chi connectivity index (χ1n) is 10.3. The Balaban J connectivity index is 1.50. The third-order valence-electron chi connectivity index (χ3n) is 4.60. The molecule has 9 heteroatoms. The number of ether oxygens (including phenoxy) is 1. The van der Waals surface area contributed by atoms with Gasteiger partial charge in [-0.3, -0.25) is 14.4 Å². The molecule has 3 N–H and O–H groups in total. The van der Waals surface area contributed by atoms with E-state index in [1.165, 1.54) is 24.4 Å². The minimum atomic E-state index is -1.06. The number of hydrogen-bond acceptors (Lipinski definition) is 5. The number of rotatable bonds is 7. The summed E-state index contributed by atoms with van der Waals surface area (Å²) in [6.07, 6.45) is 1.30. The molecule has 3 rings (SSSR count). The molecule has 0 aliphatic rings. The number of hydrogen-bond donors (Lipinski definition) is 3. The third-order valence-corrected chi connectivity index (χ3v) is 4.60. The van der Waals surface area contributed by atoms with Crippen molar-refractivity contribution in [2.45, 2.75) is 13.8 Å². The Morgan fingerprint density at radius 2 is 1.71 bits per heavy atom. The van der Waals surface area contributed by atoms with Crippen LogP contribution in [0.15, 0.2) is 71.8 Å². The van der Waals surface area contributed by atoms with E-state index in [2.05, 4.69) is 21.2 Å². The standard InChI is InChI=1S/C25H23FN4O4/c1-16-10-11-17(2)22(12-16)28-23(31)15-34-19-7-5-6-18(13-19)14-27-30-25(33)24(32)29-21-9-4-3-8-20(21)26/h3-14H,15H2,1-2H3,(H,28,31)(H,29,32)(H,30,33)/b27-14-. The Labute approximate surface area is 195 Å². The fourth-order valence-electron chi connectivity index (χ4n) is 2.85. The number of hydrazone groups is 1. The van der Waals surface area contributed by atoms with Crippen molar-refractivity contribution in [1.29, 1.82) is 0 Å². The van der Waals surface area contributed by atoms with E-state index in [0.29, 0.717) is 11.3 Å². The number of aryl methyl sites for hydroxylation is 2. The van der Waals surface area contributed by atoms with Crippen LogP contribution in [0.4, 0.5) is 15.8 Å². The number of halogens is 1. The van der Waals surface area contributed by atoms with E-state index < -0.39 is 17.6 Å². The maximum Gasteiger partial charge on any atom is 0.329 e. The predicted octanol–water partition coefficient (Wildman–Crippen LogP) is 3.55. The van der Waals surface area contributed by atoms with Gasteiger partial charge in [0.25, 0.3) is 5.91 Å². The van der Waals surface area contributed by atoms with Crippen LogP contribution >= 0.6 is 0 Å². The Bertz CT molecular complexity index is 1240. The molecule has 0 heterocycles. The molecule has 3 aromatic rings. The lowest BCUT2D eigenvalue weighted by Crippen LogP contribution is -2.32. The first kappa shape index (κ1) is 24.1. The molecule has 0 atom stereocenters. The topological polar surface area (TPSA) is 109 Å². The Morgan fingerprint density at radius 3 is 2.50 bits per heavy atom.